The smallest absolute Gasteiger partial charge is 0.190 e. The second kappa shape index (κ2) is 7.71. The number of guanidine groups is 1. The number of aliphatic imine (C=N–C) groups is 1. The molecule has 0 radical (unpaired) electrons. The molecule has 0 aromatic heterocycles. The Morgan fingerprint density at radius 1 is 1.33 bits per heavy atom. The summed E-state index contributed by atoms with van der Waals surface area (Å²) in [7, 11) is 3.58. The summed E-state index contributed by atoms with van der Waals surface area (Å²) in [6.07, 6.45) is 0.422. The Hall–Kier alpha value is -1.55. The van der Waals surface area contributed by atoms with E-state index in [1.54, 1.807) is 7.05 Å². The van der Waals surface area contributed by atoms with Crippen LogP contribution in [0.1, 0.15) is 24.8 Å². The molecule has 2 unspecified atom stereocenters. The van der Waals surface area contributed by atoms with Crippen LogP contribution in [-0.2, 0) is 0 Å². The maximum atomic E-state index is 9.59. The fourth-order valence-electron chi connectivity index (χ4n) is 1.97. The van der Waals surface area contributed by atoms with E-state index in [2.05, 4.69) is 27.8 Å². The van der Waals surface area contributed by atoms with Gasteiger partial charge in [0, 0.05) is 26.6 Å². The third kappa shape index (κ3) is 4.75. The van der Waals surface area contributed by atoms with Gasteiger partial charge in [-0.05, 0) is 18.9 Å². The molecule has 0 aliphatic rings. The van der Waals surface area contributed by atoms with E-state index in [1.807, 2.05) is 32.2 Å². The maximum Gasteiger partial charge on any atom is 0.190 e. The van der Waals surface area contributed by atoms with Crippen LogP contribution in [-0.4, -0.2) is 37.8 Å². The third-order valence-corrected chi connectivity index (χ3v) is 2.87. The van der Waals surface area contributed by atoms with Gasteiger partial charge in [0.1, 0.15) is 0 Å². The summed E-state index contributed by atoms with van der Waals surface area (Å²) >= 11 is 0. The highest BCUT2D eigenvalue weighted by Crippen LogP contribution is 2.20. The normalized spacial score (nSPS) is 15.0. The van der Waals surface area contributed by atoms with Gasteiger partial charge in [-0.1, -0.05) is 30.3 Å². The average molecular weight is 249 g/mol. The average Bonchev–Trinajstić information content (AvgIpc) is 2.39. The molecule has 0 saturated carbocycles. The second-order valence-electron chi connectivity index (χ2n) is 4.40. The van der Waals surface area contributed by atoms with Crippen molar-refractivity contribution in [2.75, 3.05) is 20.6 Å². The summed E-state index contributed by atoms with van der Waals surface area (Å²) in [5.41, 5.74) is 1.23. The zero-order chi connectivity index (χ0) is 13.4. The fourth-order valence-corrected chi connectivity index (χ4v) is 1.97. The lowest BCUT2D eigenvalue weighted by molar-refractivity contribution is 0.174. The molecule has 0 aliphatic carbocycles. The summed E-state index contributed by atoms with van der Waals surface area (Å²) < 4.78 is 0. The van der Waals surface area contributed by atoms with Crippen LogP contribution in [0.25, 0.3) is 0 Å². The van der Waals surface area contributed by atoms with Crippen LogP contribution in [0.3, 0.4) is 0 Å². The standard InChI is InChI=1S/C14H23N3O/c1-11(18)9-13(10-17-14(15-2)16-3)12-7-5-4-6-8-12/h4-8,11,13,18H,9-10H2,1-3H3,(H2,15,16,17). The van der Waals surface area contributed by atoms with Gasteiger partial charge in [-0.15, -0.1) is 0 Å². The minimum Gasteiger partial charge on any atom is -0.393 e. The Bertz CT molecular complexity index is 363. The minimum atomic E-state index is -0.311. The first-order chi connectivity index (χ1) is 8.67. The van der Waals surface area contributed by atoms with Crippen molar-refractivity contribution < 1.29 is 5.11 Å². The SMILES string of the molecule is CN=C(NC)NCC(CC(C)O)c1ccccc1. The summed E-state index contributed by atoms with van der Waals surface area (Å²) in [6, 6.07) is 10.2. The lowest BCUT2D eigenvalue weighted by Gasteiger charge is -2.20. The van der Waals surface area contributed by atoms with Gasteiger partial charge in [0.15, 0.2) is 5.96 Å². The predicted molar refractivity (Wildman–Crippen MR) is 75.9 cm³/mol. The van der Waals surface area contributed by atoms with Gasteiger partial charge in [-0.25, -0.2) is 0 Å². The van der Waals surface area contributed by atoms with Crippen molar-refractivity contribution in [3.8, 4) is 0 Å². The molecule has 0 aliphatic heterocycles. The van der Waals surface area contributed by atoms with Crippen LogP contribution in [0.4, 0.5) is 0 Å². The molecule has 0 heterocycles. The van der Waals surface area contributed by atoms with E-state index in [9.17, 15) is 5.11 Å². The van der Waals surface area contributed by atoms with Crippen molar-refractivity contribution in [1.82, 2.24) is 10.6 Å². The molecule has 0 amide bonds. The van der Waals surface area contributed by atoms with Gasteiger partial charge in [0.05, 0.1) is 6.10 Å². The van der Waals surface area contributed by atoms with Crippen LogP contribution < -0.4 is 10.6 Å². The summed E-state index contributed by atoms with van der Waals surface area (Å²) in [5.74, 6) is 1.04. The van der Waals surface area contributed by atoms with Gasteiger partial charge in [0.2, 0.25) is 0 Å². The van der Waals surface area contributed by atoms with Crippen molar-refractivity contribution in [1.29, 1.82) is 0 Å². The molecular formula is C14H23N3O. The molecule has 3 N–H and O–H groups in total. The van der Waals surface area contributed by atoms with Crippen molar-refractivity contribution in [3.05, 3.63) is 35.9 Å². The first-order valence-corrected chi connectivity index (χ1v) is 6.28. The van der Waals surface area contributed by atoms with Crippen LogP contribution >= 0.6 is 0 Å². The number of benzene rings is 1. The lowest BCUT2D eigenvalue weighted by atomic mass is 9.93. The molecule has 4 heteroatoms. The number of rotatable bonds is 5. The Morgan fingerprint density at radius 2 is 2.00 bits per heavy atom. The fraction of sp³-hybridized carbons (Fsp3) is 0.500. The monoisotopic (exact) mass is 249 g/mol. The van der Waals surface area contributed by atoms with Gasteiger partial charge < -0.3 is 15.7 Å². The van der Waals surface area contributed by atoms with Crippen molar-refractivity contribution in [2.24, 2.45) is 4.99 Å². The molecule has 0 saturated heterocycles. The van der Waals surface area contributed by atoms with Crippen LogP contribution in [0.5, 0.6) is 0 Å². The van der Waals surface area contributed by atoms with E-state index in [-0.39, 0.29) is 12.0 Å². The van der Waals surface area contributed by atoms with E-state index in [0.29, 0.717) is 0 Å². The number of nitrogens with one attached hydrogen (secondary N) is 2. The van der Waals surface area contributed by atoms with Gasteiger partial charge in [-0.2, -0.15) is 0 Å². The highest BCUT2D eigenvalue weighted by atomic mass is 16.3. The van der Waals surface area contributed by atoms with E-state index < -0.39 is 0 Å². The zero-order valence-corrected chi connectivity index (χ0v) is 11.4. The van der Waals surface area contributed by atoms with Crippen LogP contribution in [0.15, 0.2) is 35.3 Å². The number of nitrogens with zero attached hydrogens (tertiary/aromatic N) is 1. The summed E-state index contributed by atoms with van der Waals surface area (Å²) in [4.78, 5) is 4.08. The Morgan fingerprint density at radius 3 is 2.50 bits per heavy atom. The van der Waals surface area contributed by atoms with Gasteiger partial charge in [-0.3, -0.25) is 4.99 Å². The van der Waals surface area contributed by atoms with Crippen LogP contribution in [0.2, 0.25) is 0 Å². The molecule has 2 atom stereocenters. The number of hydrogen-bond donors (Lipinski definition) is 3. The van der Waals surface area contributed by atoms with Gasteiger partial charge >= 0.3 is 0 Å². The van der Waals surface area contributed by atoms with Crippen molar-refractivity contribution >= 4 is 5.96 Å². The largest absolute Gasteiger partial charge is 0.393 e. The molecule has 1 rings (SSSR count). The topological polar surface area (TPSA) is 56.7 Å². The highest BCUT2D eigenvalue weighted by Gasteiger charge is 2.14. The van der Waals surface area contributed by atoms with E-state index in [4.69, 9.17) is 0 Å². The maximum absolute atomic E-state index is 9.59. The summed E-state index contributed by atoms with van der Waals surface area (Å²) in [6.45, 7) is 2.57. The lowest BCUT2D eigenvalue weighted by Crippen LogP contribution is -2.37. The Balaban J connectivity index is 2.68. The molecule has 1 aromatic carbocycles. The summed E-state index contributed by atoms with van der Waals surface area (Å²) in [5, 5.41) is 15.8. The Labute approximate surface area is 109 Å². The van der Waals surface area contributed by atoms with E-state index >= 15 is 0 Å². The first kappa shape index (κ1) is 14.5. The van der Waals surface area contributed by atoms with Crippen molar-refractivity contribution in [3.63, 3.8) is 0 Å². The molecule has 1 aromatic rings. The molecule has 0 bridgehead atoms. The molecular weight excluding hydrogens is 226 g/mol. The molecule has 0 fully saturated rings. The molecule has 100 valence electrons. The second-order valence-corrected chi connectivity index (χ2v) is 4.40. The zero-order valence-electron chi connectivity index (χ0n) is 11.4. The van der Waals surface area contributed by atoms with Crippen molar-refractivity contribution in [2.45, 2.75) is 25.4 Å². The van der Waals surface area contributed by atoms with Gasteiger partial charge in [0.25, 0.3) is 0 Å². The minimum absolute atomic E-state index is 0.274. The highest BCUT2D eigenvalue weighted by molar-refractivity contribution is 5.79. The number of aliphatic hydroxyl groups is 1. The number of aliphatic hydroxyl groups excluding tert-OH is 1. The molecule has 0 spiro atoms. The van der Waals surface area contributed by atoms with Crippen LogP contribution in [0, 0.1) is 0 Å². The van der Waals surface area contributed by atoms with E-state index in [1.165, 1.54) is 5.56 Å². The third-order valence-electron chi connectivity index (χ3n) is 2.87. The Kier molecular flexibility index (Phi) is 6.22. The molecule has 4 nitrogen and oxygen atoms in total. The van der Waals surface area contributed by atoms with E-state index in [0.717, 1.165) is 18.9 Å². The molecule has 18 heavy (non-hydrogen) atoms. The number of hydrogen-bond acceptors (Lipinski definition) is 2. The first-order valence-electron chi connectivity index (χ1n) is 6.28. The predicted octanol–water partition coefficient (Wildman–Crippen LogP) is 1.34. The quantitative estimate of drug-likeness (QED) is 0.545.